The lowest BCUT2D eigenvalue weighted by Crippen LogP contribution is -2.45. The van der Waals surface area contributed by atoms with Gasteiger partial charge in [-0.2, -0.15) is 0 Å². The van der Waals surface area contributed by atoms with E-state index in [9.17, 15) is 19.2 Å². The van der Waals surface area contributed by atoms with Crippen LogP contribution in [0.5, 0.6) is 0 Å². The maximum absolute atomic E-state index is 12.5. The Morgan fingerprint density at radius 1 is 0.744 bits per heavy atom. The zero-order valence-electron chi connectivity index (χ0n) is 25.4. The van der Waals surface area contributed by atoms with Crippen LogP contribution in [0.1, 0.15) is 65.5 Å². The number of benzene rings is 2. The molecule has 4 aromatic rings. The van der Waals surface area contributed by atoms with Gasteiger partial charge in [0.2, 0.25) is 0 Å². The summed E-state index contributed by atoms with van der Waals surface area (Å²) in [7, 11) is 0. The van der Waals surface area contributed by atoms with E-state index in [0.29, 0.717) is 11.1 Å². The van der Waals surface area contributed by atoms with Gasteiger partial charge in [0.15, 0.2) is 11.6 Å². The molecule has 1 atom stereocenters. The summed E-state index contributed by atoms with van der Waals surface area (Å²) in [5.41, 5.74) is 3.18. The van der Waals surface area contributed by atoms with Crippen LogP contribution in [0.4, 0.5) is 0 Å². The molecule has 1 unspecified atom stereocenters. The molecule has 2 N–H and O–H groups in total. The summed E-state index contributed by atoms with van der Waals surface area (Å²) in [6.07, 6.45) is 4.05. The largest absolute Gasteiger partial charge is 0.345 e. The number of Topliss-reactive ketones (excluding diaryl/α,β-unsaturated/α-hetero) is 2. The SMILES string of the molecule is Cc1cccc(C(=O)NC(C(=O)Cc2ncc(C)s2)C(C)C)c1.Cc1cccc(C(=O)NCC(=O)Cc2ncc(C)s2)c1. The Balaban J connectivity index is 0.000000238. The van der Waals surface area contributed by atoms with Crippen LogP contribution >= 0.6 is 22.7 Å². The van der Waals surface area contributed by atoms with Crippen LogP contribution in [-0.4, -0.2) is 45.9 Å². The average Bonchev–Trinajstić information content (AvgIpc) is 3.56. The number of thiazole rings is 2. The molecule has 0 bridgehead atoms. The van der Waals surface area contributed by atoms with Crippen LogP contribution in [0, 0.1) is 33.6 Å². The van der Waals surface area contributed by atoms with Crippen molar-refractivity contribution in [2.24, 2.45) is 5.92 Å². The van der Waals surface area contributed by atoms with Crippen molar-refractivity contribution in [3.63, 3.8) is 0 Å². The van der Waals surface area contributed by atoms with E-state index in [4.69, 9.17) is 0 Å². The van der Waals surface area contributed by atoms with Crippen molar-refractivity contribution in [3.05, 3.63) is 103 Å². The monoisotopic (exact) mass is 618 g/mol. The first kappa shape index (κ1) is 33.5. The van der Waals surface area contributed by atoms with E-state index in [1.165, 1.54) is 22.7 Å². The molecule has 8 nitrogen and oxygen atoms in total. The number of hydrogen-bond donors (Lipinski definition) is 2. The zero-order chi connectivity index (χ0) is 31.5. The quantitative estimate of drug-likeness (QED) is 0.225. The van der Waals surface area contributed by atoms with E-state index < -0.39 is 6.04 Å². The van der Waals surface area contributed by atoms with Crippen molar-refractivity contribution in [1.82, 2.24) is 20.6 Å². The van der Waals surface area contributed by atoms with Crippen molar-refractivity contribution in [3.8, 4) is 0 Å². The molecule has 226 valence electrons. The summed E-state index contributed by atoms with van der Waals surface area (Å²) < 4.78 is 0. The third kappa shape index (κ3) is 11.0. The van der Waals surface area contributed by atoms with E-state index in [1.807, 2.05) is 71.9 Å². The first-order valence-electron chi connectivity index (χ1n) is 14.0. The van der Waals surface area contributed by atoms with Gasteiger partial charge in [-0.05, 0) is 57.9 Å². The van der Waals surface area contributed by atoms with E-state index in [-0.39, 0.29) is 48.7 Å². The third-order valence-corrected chi connectivity index (χ3v) is 8.14. The Labute approximate surface area is 261 Å². The summed E-state index contributed by atoms with van der Waals surface area (Å²) in [6, 6.07) is 14.1. The van der Waals surface area contributed by atoms with Gasteiger partial charge in [0.25, 0.3) is 11.8 Å². The lowest BCUT2D eigenvalue weighted by Gasteiger charge is -2.21. The van der Waals surface area contributed by atoms with Gasteiger partial charge in [-0.1, -0.05) is 49.2 Å². The van der Waals surface area contributed by atoms with Crippen LogP contribution in [-0.2, 0) is 22.4 Å². The normalized spacial score (nSPS) is 11.3. The minimum absolute atomic E-state index is 0.00430. The van der Waals surface area contributed by atoms with Crippen LogP contribution in [0.2, 0.25) is 0 Å². The number of aromatic nitrogens is 2. The molecule has 0 saturated carbocycles. The standard InChI is InChI=1S/C18H22N2O2S.C15H16N2O2S/c1-11(2)17(15(21)9-16-19-10-13(4)23-16)20-18(22)14-7-5-6-12(3)8-14;1-10-4-3-5-12(6-10)15(19)17-9-13(18)7-14-16-8-11(2)20-14/h5-8,10-11,17H,9H2,1-4H3,(H,20,22);3-6,8H,7,9H2,1-2H3,(H,17,19). The van der Waals surface area contributed by atoms with Gasteiger partial charge in [0, 0.05) is 33.3 Å². The lowest BCUT2D eigenvalue weighted by atomic mass is 9.97. The fraction of sp³-hybridized carbons (Fsp3) is 0.333. The molecule has 2 aromatic heterocycles. The molecule has 10 heteroatoms. The van der Waals surface area contributed by atoms with Gasteiger partial charge in [-0.25, -0.2) is 9.97 Å². The minimum Gasteiger partial charge on any atom is -0.345 e. The van der Waals surface area contributed by atoms with Gasteiger partial charge >= 0.3 is 0 Å². The Morgan fingerprint density at radius 3 is 1.72 bits per heavy atom. The van der Waals surface area contributed by atoms with Gasteiger partial charge in [0.05, 0.1) is 25.4 Å². The number of carbonyl (C=O) groups is 4. The zero-order valence-corrected chi connectivity index (χ0v) is 27.0. The maximum atomic E-state index is 12.5. The number of hydrogen-bond acceptors (Lipinski definition) is 8. The second-order valence-corrected chi connectivity index (χ2v) is 13.3. The fourth-order valence-corrected chi connectivity index (χ4v) is 5.77. The lowest BCUT2D eigenvalue weighted by molar-refractivity contribution is -0.121. The third-order valence-electron chi connectivity index (χ3n) is 6.32. The van der Waals surface area contributed by atoms with Crippen molar-refractivity contribution < 1.29 is 19.2 Å². The summed E-state index contributed by atoms with van der Waals surface area (Å²) in [5, 5.41) is 7.10. The smallest absolute Gasteiger partial charge is 0.251 e. The fourth-order valence-electron chi connectivity index (χ4n) is 4.15. The molecule has 0 aliphatic rings. The maximum Gasteiger partial charge on any atom is 0.251 e. The Morgan fingerprint density at radius 2 is 1.26 bits per heavy atom. The summed E-state index contributed by atoms with van der Waals surface area (Å²) in [4.78, 5) is 59.1. The molecular weight excluding hydrogens is 581 g/mol. The average molecular weight is 619 g/mol. The number of rotatable bonds is 11. The molecule has 0 saturated heterocycles. The van der Waals surface area contributed by atoms with Gasteiger partial charge in [0.1, 0.15) is 10.0 Å². The number of nitrogens with one attached hydrogen (secondary N) is 2. The predicted molar refractivity (Wildman–Crippen MR) is 172 cm³/mol. The Kier molecular flexibility index (Phi) is 12.5. The van der Waals surface area contributed by atoms with Gasteiger partial charge in [-0.15, -0.1) is 22.7 Å². The van der Waals surface area contributed by atoms with Crippen molar-refractivity contribution >= 4 is 46.1 Å². The number of carbonyl (C=O) groups excluding carboxylic acids is 4. The second-order valence-electron chi connectivity index (χ2n) is 10.7. The van der Waals surface area contributed by atoms with E-state index in [0.717, 1.165) is 30.9 Å². The highest BCUT2D eigenvalue weighted by molar-refractivity contribution is 7.11. The summed E-state index contributed by atoms with van der Waals surface area (Å²) in [6.45, 7) is 11.7. The van der Waals surface area contributed by atoms with Crippen LogP contribution in [0.15, 0.2) is 60.9 Å². The summed E-state index contributed by atoms with van der Waals surface area (Å²) in [5.74, 6) is -0.457. The molecule has 0 fully saturated rings. The molecule has 43 heavy (non-hydrogen) atoms. The van der Waals surface area contributed by atoms with Crippen LogP contribution in [0.3, 0.4) is 0 Å². The van der Waals surface area contributed by atoms with Crippen molar-refractivity contribution in [2.75, 3.05) is 6.54 Å². The highest BCUT2D eigenvalue weighted by Gasteiger charge is 2.25. The molecule has 0 radical (unpaired) electrons. The second kappa shape index (κ2) is 16.0. The molecule has 0 aliphatic heterocycles. The van der Waals surface area contributed by atoms with Crippen LogP contribution < -0.4 is 10.6 Å². The molecule has 0 spiro atoms. The van der Waals surface area contributed by atoms with E-state index in [1.54, 1.807) is 30.6 Å². The first-order valence-corrected chi connectivity index (χ1v) is 15.6. The topological polar surface area (TPSA) is 118 Å². The molecular formula is C33H38N4O4S2. The number of ketones is 2. The predicted octanol–water partition coefficient (Wildman–Crippen LogP) is 5.63. The first-order chi connectivity index (χ1) is 20.4. The van der Waals surface area contributed by atoms with Gasteiger partial charge < -0.3 is 10.6 Å². The van der Waals surface area contributed by atoms with Crippen LogP contribution in [0.25, 0.3) is 0 Å². The number of aryl methyl sites for hydroxylation is 4. The van der Waals surface area contributed by atoms with E-state index >= 15 is 0 Å². The molecule has 4 rings (SSSR count). The van der Waals surface area contributed by atoms with Gasteiger partial charge in [-0.3, -0.25) is 19.2 Å². The van der Waals surface area contributed by atoms with E-state index in [2.05, 4.69) is 20.6 Å². The van der Waals surface area contributed by atoms with Crippen molar-refractivity contribution in [2.45, 2.75) is 60.4 Å². The Hall–Kier alpha value is -4.02. The number of amides is 2. The molecule has 2 amide bonds. The highest BCUT2D eigenvalue weighted by atomic mass is 32.1. The molecule has 0 aliphatic carbocycles. The summed E-state index contributed by atoms with van der Waals surface area (Å²) >= 11 is 3.02. The minimum atomic E-state index is -0.507. The number of nitrogens with zero attached hydrogens (tertiary/aromatic N) is 2. The van der Waals surface area contributed by atoms with Crippen molar-refractivity contribution in [1.29, 1.82) is 0 Å². The highest BCUT2D eigenvalue weighted by Crippen LogP contribution is 2.15. The molecule has 2 aromatic carbocycles. The molecule has 2 heterocycles. The Bertz CT molecular complexity index is 1570.